The topological polar surface area (TPSA) is 69.6 Å². The van der Waals surface area contributed by atoms with Crippen LogP contribution in [0.3, 0.4) is 0 Å². The Morgan fingerprint density at radius 2 is 1.89 bits per heavy atom. The lowest BCUT2D eigenvalue weighted by atomic mass is 9.71. The lowest BCUT2D eigenvalue weighted by Gasteiger charge is -2.51. The van der Waals surface area contributed by atoms with Crippen molar-refractivity contribution in [2.45, 2.75) is 38.2 Å². The van der Waals surface area contributed by atoms with Crippen molar-refractivity contribution >= 4 is 11.9 Å². The predicted molar refractivity (Wildman–Crippen MR) is 108 cm³/mol. The van der Waals surface area contributed by atoms with E-state index in [1.165, 1.54) is 5.56 Å². The van der Waals surface area contributed by atoms with Crippen LogP contribution >= 0.6 is 0 Å². The summed E-state index contributed by atoms with van der Waals surface area (Å²) >= 11 is 0. The highest BCUT2D eigenvalue weighted by atomic mass is 16.3. The van der Waals surface area contributed by atoms with Gasteiger partial charge in [-0.2, -0.15) is 0 Å². The molecule has 2 atom stereocenters. The van der Waals surface area contributed by atoms with Crippen LogP contribution in [0.25, 0.3) is 0 Å². The fourth-order valence-corrected chi connectivity index (χ4v) is 4.60. The van der Waals surface area contributed by atoms with E-state index in [9.17, 15) is 9.90 Å². The van der Waals surface area contributed by atoms with Crippen LogP contribution in [0.15, 0.2) is 48.8 Å². The summed E-state index contributed by atoms with van der Waals surface area (Å²) in [6, 6.07) is 11.9. The van der Waals surface area contributed by atoms with E-state index in [1.54, 1.807) is 12.4 Å². The number of aliphatic hydroxyl groups excluding tert-OH is 1. The highest BCUT2D eigenvalue weighted by Gasteiger charge is 2.46. The molecule has 2 aliphatic rings. The summed E-state index contributed by atoms with van der Waals surface area (Å²) < 4.78 is 0. The maximum Gasteiger partial charge on any atom is 0.225 e. The van der Waals surface area contributed by atoms with E-state index in [1.807, 2.05) is 29.2 Å². The molecule has 2 saturated heterocycles. The Balaban J connectivity index is 1.43. The largest absolute Gasteiger partial charge is 0.392 e. The molecule has 6 heteroatoms. The molecule has 0 radical (unpaired) electrons. The number of likely N-dealkylation sites (tertiary alicyclic amines) is 1. The van der Waals surface area contributed by atoms with E-state index >= 15 is 0 Å². The third kappa shape index (κ3) is 4.02. The zero-order valence-electron chi connectivity index (χ0n) is 16.2. The third-order valence-corrected chi connectivity index (χ3v) is 6.15. The van der Waals surface area contributed by atoms with Crippen LogP contribution in [0.4, 0.5) is 5.95 Å². The Morgan fingerprint density at radius 1 is 1.11 bits per heavy atom. The lowest BCUT2D eigenvalue weighted by molar-refractivity contribution is -0.137. The van der Waals surface area contributed by atoms with Crippen LogP contribution in [0.2, 0.25) is 0 Å². The first kappa shape index (κ1) is 18.9. The van der Waals surface area contributed by atoms with Crippen LogP contribution in [-0.2, 0) is 11.2 Å². The summed E-state index contributed by atoms with van der Waals surface area (Å²) in [5.74, 6) is 0.893. The van der Waals surface area contributed by atoms with E-state index in [0.29, 0.717) is 31.9 Å². The number of rotatable bonds is 4. The van der Waals surface area contributed by atoms with Crippen molar-refractivity contribution in [2.75, 3.05) is 31.1 Å². The number of aromatic nitrogens is 2. The monoisotopic (exact) mass is 380 g/mol. The molecular weight excluding hydrogens is 352 g/mol. The first-order valence-electron chi connectivity index (χ1n) is 10.2. The summed E-state index contributed by atoms with van der Waals surface area (Å²) in [7, 11) is 0. The van der Waals surface area contributed by atoms with Crippen molar-refractivity contribution in [3.63, 3.8) is 0 Å². The minimum Gasteiger partial charge on any atom is -0.392 e. The second-order valence-corrected chi connectivity index (χ2v) is 8.04. The van der Waals surface area contributed by atoms with Crippen LogP contribution in [0.1, 0.15) is 31.2 Å². The number of piperidine rings is 2. The number of aliphatic hydroxyl groups is 1. The fraction of sp³-hybridized carbons (Fsp3) is 0.500. The van der Waals surface area contributed by atoms with Crippen molar-refractivity contribution < 1.29 is 9.90 Å². The summed E-state index contributed by atoms with van der Waals surface area (Å²) in [5, 5.41) is 10.9. The second-order valence-electron chi connectivity index (χ2n) is 8.04. The Bertz CT molecular complexity index is 786. The number of benzene rings is 1. The zero-order valence-corrected chi connectivity index (χ0v) is 16.2. The average molecular weight is 380 g/mol. The summed E-state index contributed by atoms with van der Waals surface area (Å²) in [4.78, 5) is 25.7. The number of hydrogen-bond donors (Lipinski definition) is 1. The molecule has 4 rings (SSSR count). The molecule has 1 N–H and O–H groups in total. The molecule has 28 heavy (non-hydrogen) atoms. The van der Waals surface area contributed by atoms with Crippen molar-refractivity contribution in [2.24, 2.45) is 5.41 Å². The Morgan fingerprint density at radius 3 is 2.68 bits per heavy atom. The molecule has 1 amide bonds. The van der Waals surface area contributed by atoms with E-state index in [2.05, 4.69) is 27.0 Å². The van der Waals surface area contributed by atoms with Crippen LogP contribution in [0, 0.1) is 5.41 Å². The first-order chi connectivity index (χ1) is 13.7. The summed E-state index contributed by atoms with van der Waals surface area (Å²) in [5.41, 5.74) is 0.894. The summed E-state index contributed by atoms with van der Waals surface area (Å²) in [6.45, 7) is 2.84. The Kier molecular flexibility index (Phi) is 5.57. The van der Waals surface area contributed by atoms with Crippen molar-refractivity contribution in [1.29, 1.82) is 0 Å². The zero-order chi connectivity index (χ0) is 19.4. The van der Waals surface area contributed by atoms with Gasteiger partial charge in [-0.3, -0.25) is 4.79 Å². The number of hydrogen-bond acceptors (Lipinski definition) is 5. The highest BCUT2D eigenvalue weighted by molar-refractivity contribution is 5.76. The fourth-order valence-electron chi connectivity index (χ4n) is 4.60. The molecule has 0 saturated carbocycles. The molecule has 1 aromatic heterocycles. The lowest BCUT2D eigenvalue weighted by Crippen LogP contribution is -2.60. The molecular formula is C22H28N4O2. The average Bonchev–Trinajstić information content (AvgIpc) is 2.75. The van der Waals surface area contributed by atoms with E-state index < -0.39 is 6.10 Å². The number of nitrogens with zero attached hydrogens (tertiary/aromatic N) is 4. The Labute approximate surface area is 166 Å². The molecule has 1 aromatic carbocycles. The summed E-state index contributed by atoms with van der Waals surface area (Å²) in [6.07, 6.45) is 6.93. The standard InChI is InChI=1S/C22H28N4O2/c27-19-10-15-26(21-23-12-5-13-24-21)17-22(19)11-4-14-25(16-22)20(28)9-8-18-6-2-1-3-7-18/h1-3,5-7,12-13,19,27H,4,8-11,14-17H2/t19-,22+/m1/s1. The maximum atomic E-state index is 12.9. The van der Waals surface area contributed by atoms with Gasteiger partial charge in [0, 0.05) is 50.4 Å². The number of amides is 1. The van der Waals surface area contributed by atoms with E-state index in [-0.39, 0.29) is 11.3 Å². The molecule has 0 unspecified atom stereocenters. The van der Waals surface area contributed by atoms with E-state index in [4.69, 9.17) is 0 Å². The smallest absolute Gasteiger partial charge is 0.225 e. The molecule has 3 heterocycles. The molecule has 6 nitrogen and oxygen atoms in total. The van der Waals surface area contributed by atoms with Gasteiger partial charge < -0.3 is 14.9 Å². The molecule has 148 valence electrons. The predicted octanol–water partition coefficient (Wildman–Crippen LogP) is 2.29. The molecule has 1 spiro atoms. The van der Waals surface area contributed by atoms with Crippen molar-refractivity contribution in [3.8, 4) is 0 Å². The quantitative estimate of drug-likeness (QED) is 0.881. The highest BCUT2D eigenvalue weighted by Crippen LogP contribution is 2.39. The van der Waals surface area contributed by atoms with E-state index in [0.717, 1.165) is 32.4 Å². The van der Waals surface area contributed by atoms with Gasteiger partial charge >= 0.3 is 0 Å². The number of carbonyl (C=O) groups is 1. The van der Waals surface area contributed by atoms with Crippen molar-refractivity contribution in [1.82, 2.24) is 14.9 Å². The van der Waals surface area contributed by atoms with Gasteiger partial charge in [0.1, 0.15) is 0 Å². The molecule has 2 fully saturated rings. The van der Waals surface area contributed by atoms with Gasteiger partial charge in [-0.1, -0.05) is 30.3 Å². The maximum absolute atomic E-state index is 12.9. The van der Waals surface area contributed by atoms with Gasteiger partial charge in [0.15, 0.2) is 0 Å². The van der Waals surface area contributed by atoms with Gasteiger partial charge in [0.25, 0.3) is 0 Å². The molecule has 2 aliphatic heterocycles. The van der Waals surface area contributed by atoms with Gasteiger partial charge in [0.2, 0.25) is 11.9 Å². The van der Waals surface area contributed by atoms with Gasteiger partial charge in [-0.15, -0.1) is 0 Å². The normalized spacial score (nSPS) is 25.1. The van der Waals surface area contributed by atoms with Gasteiger partial charge in [0.05, 0.1) is 6.10 Å². The van der Waals surface area contributed by atoms with Crippen molar-refractivity contribution in [3.05, 3.63) is 54.4 Å². The van der Waals surface area contributed by atoms with Crippen LogP contribution in [-0.4, -0.2) is 58.2 Å². The van der Waals surface area contributed by atoms with Gasteiger partial charge in [-0.25, -0.2) is 9.97 Å². The first-order valence-corrected chi connectivity index (χ1v) is 10.2. The molecule has 2 aromatic rings. The SMILES string of the molecule is O=C(CCc1ccccc1)N1CCC[C@]2(C1)CN(c1ncccn1)CC[C@H]2O. The minimum atomic E-state index is -0.391. The van der Waals surface area contributed by atoms with Gasteiger partial charge in [-0.05, 0) is 37.3 Å². The molecule has 0 bridgehead atoms. The number of aryl methyl sites for hydroxylation is 1. The molecule has 0 aliphatic carbocycles. The second kappa shape index (κ2) is 8.27. The minimum absolute atomic E-state index is 0.184. The van der Waals surface area contributed by atoms with Crippen LogP contribution < -0.4 is 4.90 Å². The number of anilines is 1. The third-order valence-electron chi connectivity index (χ3n) is 6.15. The van der Waals surface area contributed by atoms with Crippen LogP contribution in [0.5, 0.6) is 0 Å². The Hall–Kier alpha value is -2.47. The number of carbonyl (C=O) groups excluding carboxylic acids is 1.